The summed E-state index contributed by atoms with van der Waals surface area (Å²) in [5.74, 6) is -16.1. The molecule has 0 radical (unpaired) electrons. The maximum atomic E-state index is 14.5. The number of allylic oxidation sites excluding steroid dienone is 2. The van der Waals surface area contributed by atoms with E-state index in [1.165, 1.54) is 6.92 Å². The standard InChI is InChI=1S/C16H13F5N2O4S/c1-5-7(16(24)25)8(9-10(17)12(19)14(21)13(20)11(9)18)15-6(23-5)4-22-2-3-28(15,26)27/h8,22-23H,2-4H2,1H3,(H,24,25). The average Bonchev–Trinajstić information content (AvgIpc) is 2.75. The van der Waals surface area contributed by atoms with Crippen molar-refractivity contribution in [2.75, 3.05) is 18.8 Å². The molecular formula is C16H13F5N2O4S. The van der Waals surface area contributed by atoms with Crippen LogP contribution in [0, 0.1) is 29.1 Å². The molecule has 6 nitrogen and oxygen atoms in total. The van der Waals surface area contributed by atoms with E-state index >= 15 is 0 Å². The van der Waals surface area contributed by atoms with Crippen molar-refractivity contribution >= 4 is 15.8 Å². The molecule has 28 heavy (non-hydrogen) atoms. The number of dihydropyridines is 1. The summed E-state index contributed by atoms with van der Waals surface area (Å²) in [6.45, 7) is 1.01. The second kappa shape index (κ2) is 6.85. The zero-order chi connectivity index (χ0) is 21.0. The van der Waals surface area contributed by atoms with Crippen LogP contribution in [-0.4, -0.2) is 38.3 Å². The van der Waals surface area contributed by atoms with Gasteiger partial charge in [0.15, 0.2) is 33.1 Å². The lowest BCUT2D eigenvalue weighted by atomic mass is 9.85. The lowest BCUT2D eigenvalue weighted by Crippen LogP contribution is -2.34. The predicted octanol–water partition coefficient (Wildman–Crippen LogP) is 1.66. The molecule has 0 saturated heterocycles. The summed E-state index contributed by atoms with van der Waals surface area (Å²) in [5, 5.41) is 14.8. The first-order valence-electron chi connectivity index (χ1n) is 7.88. The van der Waals surface area contributed by atoms with Crippen LogP contribution < -0.4 is 10.6 Å². The van der Waals surface area contributed by atoms with Crippen LogP contribution in [0.2, 0.25) is 0 Å². The second-order valence-corrected chi connectivity index (χ2v) is 8.30. The third kappa shape index (κ3) is 2.96. The van der Waals surface area contributed by atoms with Gasteiger partial charge in [0.1, 0.15) is 0 Å². The van der Waals surface area contributed by atoms with Crippen molar-refractivity contribution in [1.29, 1.82) is 0 Å². The van der Waals surface area contributed by atoms with Crippen LogP contribution in [-0.2, 0) is 14.6 Å². The molecule has 3 rings (SSSR count). The highest BCUT2D eigenvalue weighted by Gasteiger charge is 2.45. The highest BCUT2D eigenvalue weighted by atomic mass is 32.2. The van der Waals surface area contributed by atoms with Gasteiger partial charge < -0.3 is 15.7 Å². The summed E-state index contributed by atoms with van der Waals surface area (Å²) >= 11 is 0. The molecule has 1 aromatic rings. The van der Waals surface area contributed by atoms with Gasteiger partial charge >= 0.3 is 5.97 Å². The van der Waals surface area contributed by atoms with Crippen LogP contribution in [0.1, 0.15) is 18.4 Å². The Morgan fingerprint density at radius 1 is 1.04 bits per heavy atom. The summed E-state index contributed by atoms with van der Waals surface area (Å²) in [4.78, 5) is 11.0. The van der Waals surface area contributed by atoms with Crippen molar-refractivity contribution in [3.05, 3.63) is 56.5 Å². The molecule has 0 spiro atoms. The van der Waals surface area contributed by atoms with Crippen molar-refractivity contribution < 1.29 is 40.3 Å². The van der Waals surface area contributed by atoms with Crippen LogP contribution in [0.15, 0.2) is 21.9 Å². The van der Waals surface area contributed by atoms with E-state index in [9.17, 15) is 40.3 Å². The molecule has 2 heterocycles. The minimum absolute atomic E-state index is 0.0533. The van der Waals surface area contributed by atoms with Gasteiger partial charge in [-0.15, -0.1) is 0 Å². The SMILES string of the molecule is CC1=C(C(=O)O)C(c2c(F)c(F)c(F)c(F)c2F)C2=C(CNCCS2(=O)=O)N1. The molecule has 0 aromatic heterocycles. The van der Waals surface area contributed by atoms with E-state index in [2.05, 4.69) is 10.6 Å². The molecule has 3 N–H and O–H groups in total. The van der Waals surface area contributed by atoms with Crippen molar-refractivity contribution in [3.63, 3.8) is 0 Å². The number of benzene rings is 1. The number of carbonyl (C=O) groups is 1. The van der Waals surface area contributed by atoms with E-state index in [1.54, 1.807) is 0 Å². The maximum absolute atomic E-state index is 14.5. The Hall–Kier alpha value is -2.47. The molecule has 0 bridgehead atoms. The quantitative estimate of drug-likeness (QED) is 0.380. The number of rotatable bonds is 2. The highest BCUT2D eigenvalue weighted by molar-refractivity contribution is 7.95. The van der Waals surface area contributed by atoms with Crippen molar-refractivity contribution in [1.82, 2.24) is 10.6 Å². The Morgan fingerprint density at radius 3 is 2.11 bits per heavy atom. The molecule has 2 aliphatic rings. The van der Waals surface area contributed by atoms with E-state index in [4.69, 9.17) is 0 Å². The van der Waals surface area contributed by atoms with Crippen LogP contribution in [0.5, 0.6) is 0 Å². The number of carboxylic acids is 1. The van der Waals surface area contributed by atoms with Gasteiger partial charge in [0, 0.05) is 30.0 Å². The van der Waals surface area contributed by atoms with E-state index in [1.807, 2.05) is 0 Å². The zero-order valence-electron chi connectivity index (χ0n) is 14.2. The van der Waals surface area contributed by atoms with E-state index in [0.717, 1.165) is 0 Å². The summed E-state index contributed by atoms with van der Waals surface area (Å²) in [7, 11) is -4.29. The number of nitrogens with one attached hydrogen (secondary N) is 2. The monoisotopic (exact) mass is 424 g/mol. The smallest absolute Gasteiger partial charge is 0.334 e. The Kier molecular flexibility index (Phi) is 4.96. The summed E-state index contributed by atoms with van der Waals surface area (Å²) < 4.78 is 95.3. The summed E-state index contributed by atoms with van der Waals surface area (Å²) in [6, 6.07) is 0. The van der Waals surface area contributed by atoms with Crippen molar-refractivity contribution in [3.8, 4) is 0 Å². The first kappa shape index (κ1) is 20.3. The Labute approximate surface area is 155 Å². The Morgan fingerprint density at radius 2 is 1.57 bits per heavy atom. The Balaban J connectivity index is 2.45. The lowest BCUT2D eigenvalue weighted by molar-refractivity contribution is -0.133. The molecular weight excluding hydrogens is 411 g/mol. The normalized spacial score (nSPS) is 21.9. The third-order valence-electron chi connectivity index (χ3n) is 4.54. The van der Waals surface area contributed by atoms with Crippen LogP contribution >= 0.6 is 0 Å². The highest BCUT2D eigenvalue weighted by Crippen LogP contribution is 2.44. The van der Waals surface area contributed by atoms with Crippen LogP contribution in [0.3, 0.4) is 0 Å². The second-order valence-electron chi connectivity index (χ2n) is 6.22. The number of carboxylic acid groups (broad SMARTS) is 1. The molecule has 1 unspecified atom stereocenters. The number of hydrogen-bond donors (Lipinski definition) is 3. The molecule has 0 fully saturated rings. The maximum Gasteiger partial charge on any atom is 0.334 e. The average molecular weight is 424 g/mol. The molecule has 2 aliphatic heterocycles. The number of aliphatic carboxylic acids is 1. The predicted molar refractivity (Wildman–Crippen MR) is 86.1 cm³/mol. The molecule has 1 aromatic carbocycles. The van der Waals surface area contributed by atoms with Crippen molar-refractivity contribution in [2.45, 2.75) is 12.8 Å². The summed E-state index contributed by atoms with van der Waals surface area (Å²) in [6.07, 6.45) is 0. The van der Waals surface area contributed by atoms with Gasteiger partial charge in [-0.05, 0) is 6.92 Å². The molecule has 152 valence electrons. The van der Waals surface area contributed by atoms with Gasteiger partial charge in [-0.3, -0.25) is 0 Å². The fourth-order valence-electron chi connectivity index (χ4n) is 3.34. The van der Waals surface area contributed by atoms with Crippen LogP contribution in [0.25, 0.3) is 0 Å². The zero-order valence-corrected chi connectivity index (χ0v) is 15.0. The van der Waals surface area contributed by atoms with Gasteiger partial charge in [-0.2, -0.15) is 0 Å². The van der Waals surface area contributed by atoms with Crippen LogP contribution in [0.4, 0.5) is 22.0 Å². The minimum atomic E-state index is -4.29. The largest absolute Gasteiger partial charge is 0.478 e. The first-order valence-corrected chi connectivity index (χ1v) is 9.53. The molecule has 0 aliphatic carbocycles. The molecule has 0 amide bonds. The first-order chi connectivity index (χ1) is 13.0. The summed E-state index contributed by atoms with van der Waals surface area (Å²) in [5.41, 5.74) is -2.65. The Bertz CT molecular complexity index is 1040. The topological polar surface area (TPSA) is 95.5 Å². The van der Waals surface area contributed by atoms with E-state index < -0.39 is 72.6 Å². The number of sulfone groups is 1. The van der Waals surface area contributed by atoms with Gasteiger partial charge in [0.25, 0.3) is 0 Å². The van der Waals surface area contributed by atoms with Crippen molar-refractivity contribution in [2.24, 2.45) is 0 Å². The number of hydrogen-bond acceptors (Lipinski definition) is 5. The lowest BCUT2D eigenvalue weighted by Gasteiger charge is -2.31. The number of halogens is 5. The van der Waals surface area contributed by atoms with Gasteiger partial charge in [0.2, 0.25) is 5.82 Å². The van der Waals surface area contributed by atoms with Gasteiger partial charge in [-0.25, -0.2) is 35.2 Å². The van der Waals surface area contributed by atoms with Gasteiger partial charge in [-0.1, -0.05) is 0 Å². The minimum Gasteiger partial charge on any atom is -0.478 e. The fraction of sp³-hybridized carbons (Fsp3) is 0.312. The molecule has 12 heteroatoms. The van der Waals surface area contributed by atoms with E-state index in [-0.39, 0.29) is 24.5 Å². The van der Waals surface area contributed by atoms with Gasteiger partial charge in [0.05, 0.1) is 22.1 Å². The molecule has 1 atom stereocenters. The molecule has 0 saturated carbocycles. The third-order valence-corrected chi connectivity index (χ3v) is 6.43. The fourth-order valence-corrected chi connectivity index (χ4v) is 5.07. The van der Waals surface area contributed by atoms with E-state index in [0.29, 0.717) is 0 Å².